The number of rotatable bonds is 6. The molecule has 3 rings (SSSR count). The highest BCUT2D eigenvalue weighted by atomic mass is 127. The first-order chi connectivity index (χ1) is 12.7. The average molecular weight is 459 g/mol. The molecule has 6 nitrogen and oxygen atoms in total. The molecular weight excluding hydrogens is 441 g/mol. The van der Waals surface area contributed by atoms with Crippen LogP contribution >= 0.6 is 22.6 Å². The summed E-state index contributed by atoms with van der Waals surface area (Å²) >= 11 is 2.27. The predicted octanol–water partition coefficient (Wildman–Crippen LogP) is 3.69. The van der Waals surface area contributed by atoms with Gasteiger partial charge in [0.2, 0.25) is 5.91 Å². The van der Waals surface area contributed by atoms with Crippen molar-refractivity contribution in [3.63, 3.8) is 0 Å². The van der Waals surface area contributed by atoms with Crippen molar-refractivity contribution in [3.8, 4) is 0 Å². The number of halogens is 1. The van der Waals surface area contributed by atoms with E-state index in [9.17, 15) is 4.79 Å². The smallest absolute Gasteiger partial charge is 0.248 e. The first-order valence-electron chi connectivity index (χ1n) is 8.05. The first kappa shape index (κ1) is 18.3. The molecule has 0 aliphatic rings. The van der Waals surface area contributed by atoms with Crippen LogP contribution in [0.4, 0.5) is 17.2 Å². The quantitative estimate of drug-likeness (QED) is 0.387. The lowest BCUT2D eigenvalue weighted by atomic mass is 10.2. The van der Waals surface area contributed by atoms with Crippen molar-refractivity contribution in [1.82, 2.24) is 15.3 Å². The Bertz CT molecular complexity index is 958. The molecule has 0 spiro atoms. The van der Waals surface area contributed by atoms with Gasteiger partial charge in [0.05, 0.1) is 5.52 Å². The molecule has 0 radical (unpaired) electrons. The highest BCUT2D eigenvalue weighted by molar-refractivity contribution is 14.1. The Morgan fingerprint density at radius 3 is 2.85 bits per heavy atom. The van der Waals surface area contributed by atoms with Gasteiger partial charge in [-0.05, 0) is 66.0 Å². The Kier molecular flexibility index (Phi) is 6.13. The number of nitrogens with zero attached hydrogens (tertiary/aromatic N) is 2. The summed E-state index contributed by atoms with van der Waals surface area (Å²) in [5.41, 5.74) is 2.44. The van der Waals surface area contributed by atoms with E-state index in [0.29, 0.717) is 18.1 Å². The summed E-state index contributed by atoms with van der Waals surface area (Å²) in [6.07, 6.45) is 4.80. The van der Waals surface area contributed by atoms with Crippen LogP contribution in [0.3, 0.4) is 0 Å². The number of carbonyl (C=O) groups is 1. The number of anilines is 3. The zero-order valence-electron chi connectivity index (χ0n) is 14.2. The number of nitrogens with one attached hydrogen (secondary N) is 3. The van der Waals surface area contributed by atoms with E-state index in [4.69, 9.17) is 0 Å². The van der Waals surface area contributed by atoms with E-state index in [0.717, 1.165) is 20.2 Å². The molecule has 0 bridgehead atoms. The Morgan fingerprint density at radius 2 is 2.04 bits per heavy atom. The minimum Gasteiger partial charge on any atom is -0.340 e. The SMILES string of the molecule is CNC/C=C/C(=O)Nc1ccc2ncnc(Nc3cccc(I)c3)c2c1. The molecule has 0 saturated heterocycles. The fraction of sp³-hybridized carbons (Fsp3) is 0.105. The van der Waals surface area contributed by atoms with E-state index in [-0.39, 0.29) is 5.91 Å². The van der Waals surface area contributed by atoms with Gasteiger partial charge in [-0.3, -0.25) is 4.79 Å². The topological polar surface area (TPSA) is 78.9 Å². The first-order valence-corrected chi connectivity index (χ1v) is 9.13. The lowest BCUT2D eigenvalue weighted by molar-refractivity contribution is -0.111. The molecule has 0 saturated carbocycles. The van der Waals surface area contributed by atoms with E-state index in [1.165, 1.54) is 12.4 Å². The molecule has 2 aromatic carbocycles. The third-order valence-corrected chi connectivity index (χ3v) is 4.25. The average Bonchev–Trinajstić information content (AvgIpc) is 2.62. The van der Waals surface area contributed by atoms with Crippen molar-refractivity contribution in [1.29, 1.82) is 0 Å². The summed E-state index contributed by atoms with van der Waals surface area (Å²) in [6, 6.07) is 13.6. The standard InChI is InChI=1S/C19H18IN5O/c1-21-9-3-6-18(26)24-15-7-8-17-16(11-15)19(23-12-22-17)25-14-5-2-4-13(20)10-14/h2-8,10-12,21H,9H2,1H3,(H,24,26)(H,22,23,25)/b6-3+. The molecule has 3 aromatic rings. The molecule has 0 atom stereocenters. The third-order valence-electron chi connectivity index (χ3n) is 3.58. The predicted molar refractivity (Wildman–Crippen MR) is 114 cm³/mol. The van der Waals surface area contributed by atoms with Gasteiger partial charge in [-0.15, -0.1) is 0 Å². The van der Waals surface area contributed by atoms with Crippen LogP contribution in [0.25, 0.3) is 10.9 Å². The van der Waals surface area contributed by atoms with Crippen molar-refractivity contribution in [3.05, 3.63) is 64.5 Å². The van der Waals surface area contributed by atoms with E-state index >= 15 is 0 Å². The highest BCUT2D eigenvalue weighted by Gasteiger charge is 2.07. The number of amides is 1. The number of hydrogen-bond acceptors (Lipinski definition) is 5. The largest absolute Gasteiger partial charge is 0.340 e. The second kappa shape index (κ2) is 8.72. The molecule has 1 heterocycles. The lowest BCUT2D eigenvalue weighted by Gasteiger charge is -2.10. The Hall–Kier alpha value is -2.52. The molecule has 0 unspecified atom stereocenters. The Labute approximate surface area is 165 Å². The van der Waals surface area contributed by atoms with Crippen LogP contribution in [-0.4, -0.2) is 29.5 Å². The van der Waals surface area contributed by atoms with E-state index in [1.807, 2.05) is 49.5 Å². The van der Waals surface area contributed by atoms with Gasteiger partial charge in [0, 0.05) is 33.0 Å². The molecule has 3 N–H and O–H groups in total. The zero-order chi connectivity index (χ0) is 18.4. The summed E-state index contributed by atoms with van der Waals surface area (Å²) in [4.78, 5) is 20.6. The lowest BCUT2D eigenvalue weighted by Crippen LogP contribution is -2.10. The highest BCUT2D eigenvalue weighted by Crippen LogP contribution is 2.26. The second-order valence-corrected chi connectivity index (χ2v) is 6.78. The summed E-state index contributed by atoms with van der Waals surface area (Å²) in [7, 11) is 1.83. The van der Waals surface area contributed by atoms with Gasteiger partial charge in [0.25, 0.3) is 0 Å². The van der Waals surface area contributed by atoms with Gasteiger partial charge in [0.15, 0.2) is 0 Å². The summed E-state index contributed by atoms with van der Waals surface area (Å²) in [5, 5.41) is 9.96. The maximum atomic E-state index is 12.0. The Balaban J connectivity index is 1.87. The molecule has 132 valence electrons. The fourth-order valence-corrected chi connectivity index (χ4v) is 2.95. The van der Waals surface area contributed by atoms with Crippen LogP contribution in [-0.2, 0) is 4.79 Å². The molecule has 7 heteroatoms. The van der Waals surface area contributed by atoms with Crippen LogP contribution in [0.1, 0.15) is 0 Å². The third kappa shape index (κ3) is 4.77. The molecule has 26 heavy (non-hydrogen) atoms. The van der Waals surface area contributed by atoms with Crippen LogP contribution in [0, 0.1) is 3.57 Å². The second-order valence-electron chi connectivity index (χ2n) is 5.54. The van der Waals surface area contributed by atoms with Crippen LogP contribution < -0.4 is 16.0 Å². The van der Waals surface area contributed by atoms with Gasteiger partial charge < -0.3 is 16.0 Å². The van der Waals surface area contributed by atoms with Crippen molar-refractivity contribution >= 4 is 56.6 Å². The summed E-state index contributed by atoms with van der Waals surface area (Å²) in [6.45, 7) is 0.642. The van der Waals surface area contributed by atoms with E-state index < -0.39 is 0 Å². The van der Waals surface area contributed by atoms with Crippen LogP contribution in [0.15, 0.2) is 60.9 Å². The van der Waals surface area contributed by atoms with Crippen LogP contribution in [0.5, 0.6) is 0 Å². The number of hydrogen-bond donors (Lipinski definition) is 3. The van der Waals surface area contributed by atoms with Gasteiger partial charge in [-0.1, -0.05) is 12.1 Å². The van der Waals surface area contributed by atoms with Gasteiger partial charge in [0.1, 0.15) is 12.1 Å². The maximum Gasteiger partial charge on any atom is 0.248 e. The number of carbonyl (C=O) groups excluding carboxylic acids is 1. The summed E-state index contributed by atoms with van der Waals surface area (Å²) in [5.74, 6) is 0.516. The van der Waals surface area contributed by atoms with Crippen molar-refractivity contribution in [2.75, 3.05) is 24.2 Å². The monoisotopic (exact) mass is 459 g/mol. The van der Waals surface area contributed by atoms with Crippen molar-refractivity contribution < 1.29 is 4.79 Å². The van der Waals surface area contributed by atoms with E-state index in [2.05, 4.69) is 48.5 Å². The fourth-order valence-electron chi connectivity index (χ4n) is 2.40. The number of aromatic nitrogens is 2. The Morgan fingerprint density at radius 1 is 1.15 bits per heavy atom. The molecule has 1 aromatic heterocycles. The zero-order valence-corrected chi connectivity index (χ0v) is 16.3. The molecule has 0 aliphatic heterocycles. The van der Waals surface area contributed by atoms with Gasteiger partial charge in [-0.2, -0.15) is 0 Å². The minimum absolute atomic E-state index is 0.177. The van der Waals surface area contributed by atoms with Crippen LogP contribution in [0.2, 0.25) is 0 Å². The van der Waals surface area contributed by atoms with Gasteiger partial charge in [-0.25, -0.2) is 9.97 Å². The number of fused-ring (bicyclic) bond motifs is 1. The number of benzene rings is 2. The normalized spacial score (nSPS) is 11.0. The van der Waals surface area contributed by atoms with Crippen molar-refractivity contribution in [2.24, 2.45) is 0 Å². The molecule has 0 fully saturated rings. The van der Waals surface area contributed by atoms with Crippen molar-refractivity contribution in [2.45, 2.75) is 0 Å². The molecule has 0 aliphatic carbocycles. The maximum absolute atomic E-state index is 12.0. The molecule has 1 amide bonds. The minimum atomic E-state index is -0.177. The van der Waals surface area contributed by atoms with Gasteiger partial charge >= 0.3 is 0 Å². The van der Waals surface area contributed by atoms with E-state index in [1.54, 1.807) is 6.08 Å². The number of likely N-dealkylation sites (N-methyl/N-ethyl adjacent to an activating group) is 1. The summed E-state index contributed by atoms with van der Waals surface area (Å²) < 4.78 is 1.13. The molecular formula is C19H18IN5O.